The van der Waals surface area contributed by atoms with Gasteiger partial charge in [-0.1, -0.05) is 0 Å². The zero-order chi connectivity index (χ0) is 11.1. The molecule has 0 radical (unpaired) electrons. The molecule has 0 aromatic carbocycles. The molecule has 0 aliphatic rings. The third-order valence-electron chi connectivity index (χ3n) is 1.80. The molecule has 0 aromatic rings. The summed E-state index contributed by atoms with van der Waals surface area (Å²) in [5.41, 5.74) is 0. The number of carboxylic acid groups (broad SMARTS) is 1. The Morgan fingerprint density at radius 3 is 2.36 bits per heavy atom. The van der Waals surface area contributed by atoms with Crippen molar-refractivity contribution in [3.63, 3.8) is 0 Å². The van der Waals surface area contributed by atoms with E-state index in [2.05, 4.69) is 12.6 Å². The van der Waals surface area contributed by atoms with Crippen molar-refractivity contribution in [3.8, 4) is 0 Å². The minimum absolute atomic E-state index is 0.0668. The van der Waals surface area contributed by atoms with Crippen LogP contribution in [0, 0.1) is 0 Å². The van der Waals surface area contributed by atoms with Crippen molar-refractivity contribution >= 4 is 24.5 Å². The number of nitrogens with zero attached hydrogens (tertiary/aromatic N) is 1. The molecule has 82 valence electrons. The fourth-order valence-corrected chi connectivity index (χ4v) is 1.44. The second-order valence-corrected chi connectivity index (χ2v) is 3.19. The number of aliphatic hydroxyl groups is 1. The molecule has 0 aliphatic carbocycles. The highest BCUT2D eigenvalue weighted by Crippen LogP contribution is 2.04. The minimum atomic E-state index is -1.08. The van der Waals surface area contributed by atoms with Crippen molar-refractivity contribution in [1.82, 2.24) is 4.90 Å². The van der Waals surface area contributed by atoms with E-state index in [0.29, 0.717) is 6.42 Å². The highest BCUT2D eigenvalue weighted by molar-refractivity contribution is 7.80. The fourth-order valence-electron chi connectivity index (χ4n) is 1.08. The molecule has 14 heavy (non-hydrogen) atoms. The van der Waals surface area contributed by atoms with E-state index in [1.54, 1.807) is 0 Å². The van der Waals surface area contributed by atoms with Crippen molar-refractivity contribution in [3.05, 3.63) is 0 Å². The highest BCUT2D eigenvalue weighted by atomic mass is 32.1. The number of carbonyl (C=O) groups excluding carboxylic acids is 1. The lowest BCUT2D eigenvalue weighted by Crippen LogP contribution is -2.46. The van der Waals surface area contributed by atoms with Gasteiger partial charge in [-0.25, -0.2) is 4.79 Å². The molecule has 1 amide bonds. The van der Waals surface area contributed by atoms with Crippen molar-refractivity contribution in [2.24, 2.45) is 0 Å². The van der Waals surface area contributed by atoms with Gasteiger partial charge in [0.25, 0.3) is 0 Å². The van der Waals surface area contributed by atoms with Crippen molar-refractivity contribution in [2.75, 3.05) is 18.9 Å². The lowest BCUT2D eigenvalue weighted by Gasteiger charge is -2.26. The third-order valence-corrected chi connectivity index (χ3v) is 2.14. The quantitative estimate of drug-likeness (QED) is 0.533. The summed E-state index contributed by atoms with van der Waals surface area (Å²) in [5, 5.41) is 17.4. The molecule has 0 bridgehead atoms. The molecule has 0 aromatic heterocycles. The maximum atomic E-state index is 11.1. The number of carboxylic acids is 1. The van der Waals surface area contributed by atoms with Gasteiger partial charge in [0, 0.05) is 25.8 Å². The predicted octanol–water partition coefficient (Wildman–Crippen LogP) is -0.400. The Hall–Kier alpha value is -0.750. The van der Waals surface area contributed by atoms with Crippen LogP contribution < -0.4 is 0 Å². The van der Waals surface area contributed by atoms with Gasteiger partial charge in [-0.15, -0.1) is 0 Å². The van der Waals surface area contributed by atoms with Gasteiger partial charge in [0.1, 0.15) is 6.04 Å². The van der Waals surface area contributed by atoms with Gasteiger partial charge in [0.15, 0.2) is 0 Å². The van der Waals surface area contributed by atoms with E-state index in [4.69, 9.17) is 10.2 Å². The van der Waals surface area contributed by atoms with Crippen LogP contribution in [-0.4, -0.2) is 51.9 Å². The molecule has 0 aliphatic heterocycles. The molecule has 6 heteroatoms. The number of amides is 1. The average Bonchev–Trinajstić information content (AvgIpc) is 2.10. The van der Waals surface area contributed by atoms with Gasteiger partial charge in [-0.2, -0.15) is 12.6 Å². The van der Waals surface area contributed by atoms with Gasteiger partial charge >= 0.3 is 5.97 Å². The van der Waals surface area contributed by atoms with E-state index in [-0.39, 0.29) is 24.8 Å². The summed E-state index contributed by atoms with van der Waals surface area (Å²) in [7, 11) is 0. The molecular weight excluding hydrogens is 206 g/mol. The second-order valence-electron chi connectivity index (χ2n) is 2.83. The second kappa shape index (κ2) is 6.67. The Morgan fingerprint density at radius 1 is 1.50 bits per heavy atom. The summed E-state index contributed by atoms with van der Waals surface area (Å²) in [5.74, 6) is -1.33. The molecule has 0 rings (SSSR count). The zero-order valence-corrected chi connectivity index (χ0v) is 8.91. The molecule has 0 saturated carbocycles. The Kier molecular flexibility index (Phi) is 6.31. The first kappa shape index (κ1) is 13.2. The van der Waals surface area contributed by atoms with E-state index in [1.807, 2.05) is 0 Å². The average molecular weight is 221 g/mol. The van der Waals surface area contributed by atoms with Gasteiger partial charge in [-0.3, -0.25) is 4.79 Å². The predicted molar refractivity (Wildman–Crippen MR) is 54.4 cm³/mol. The number of hydrogen-bond acceptors (Lipinski definition) is 4. The molecule has 5 nitrogen and oxygen atoms in total. The van der Waals surface area contributed by atoms with E-state index in [9.17, 15) is 9.59 Å². The number of hydrogen-bond donors (Lipinski definition) is 3. The molecule has 0 saturated heterocycles. The van der Waals surface area contributed by atoms with E-state index in [0.717, 1.165) is 0 Å². The molecule has 0 heterocycles. The van der Waals surface area contributed by atoms with Crippen molar-refractivity contribution in [1.29, 1.82) is 0 Å². The molecular formula is C8H15NO4S. The molecule has 1 atom stereocenters. The number of thiol groups is 1. The summed E-state index contributed by atoms with van der Waals surface area (Å²) in [6, 6.07) is -0.914. The summed E-state index contributed by atoms with van der Waals surface area (Å²) in [4.78, 5) is 23.0. The first-order valence-electron chi connectivity index (χ1n) is 4.26. The monoisotopic (exact) mass is 221 g/mol. The number of carbonyl (C=O) groups is 2. The number of rotatable bonds is 6. The van der Waals surface area contributed by atoms with Crippen LogP contribution in [-0.2, 0) is 9.59 Å². The molecule has 0 fully saturated rings. The maximum Gasteiger partial charge on any atom is 0.327 e. The van der Waals surface area contributed by atoms with Crippen LogP contribution in [0.5, 0.6) is 0 Å². The van der Waals surface area contributed by atoms with Crippen LogP contribution in [0.2, 0.25) is 0 Å². The first-order chi connectivity index (χ1) is 6.54. The minimum Gasteiger partial charge on any atom is -0.480 e. The smallest absolute Gasteiger partial charge is 0.327 e. The van der Waals surface area contributed by atoms with Crippen LogP contribution in [0.15, 0.2) is 0 Å². The fraction of sp³-hybridized carbons (Fsp3) is 0.750. The number of aliphatic carboxylic acids is 1. The maximum absolute atomic E-state index is 11.1. The lowest BCUT2D eigenvalue weighted by atomic mass is 10.2. The SMILES string of the molecule is CC(=O)N(CCCO)[C@@H](CS)C(=O)O. The Bertz CT molecular complexity index is 210. The van der Waals surface area contributed by atoms with Gasteiger partial charge in [0.2, 0.25) is 5.91 Å². The summed E-state index contributed by atoms with van der Waals surface area (Å²) in [6.45, 7) is 1.48. The van der Waals surface area contributed by atoms with Crippen LogP contribution in [0.25, 0.3) is 0 Å². The van der Waals surface area contributed by atoms with E-state index >= 15 is 0 Å². The van der Waals surface area contributed by atoms with Gasteiger partial charge in [0.05, 0.1) is 0 Å². The number of aliphatic hydroxyl groups excluding tert-OH is 1. The Labute approximate surface area is 88.1 Å². The standard InChI is InChI=1S/C8H15NO4S/c1-6(11)9(3-2-4-10)7(5-14)8(12)13/h7,10,14H,2-5H2,1H3,(H,12,13)/t7-/m0/s1. The third kappa shape index (κ3) is 3.97. The van der Waals surface area contributed by atoms with Gasteiger partial charge in [-0.05, 0) is 6.42 Å². The van der Waals surface area contributed by atoms with Crippen molar-refractivity contribution < 1.29 is 19.8 Å². The molecule has 2 N–H and O–H groups in total. The largest absolute Gasteiger partial charge is 0.480 e. The molecule has 0 spiro atoms. The van der Waals surface area contributed by atoms with Crippen LogP contribution >= 0.6 is 12.6 Å². The first-order valence-corrected chi connectivity index (χ1v) is 4.89. The van der Waals surface area contributed by atoms with Gasteiger partial charge < -0.3 is 15.1 Å². The molecule has 0 unspecified atom stereocenters. The van der Waals surface area contributed by atoms with Crippen LogP contribution in [0.3, 0.4) is 0 Å². The summed E-state index contributed by atoms with van der Waals surface area (Å²) in [6.07, 6.45) is 0.372. The van der Waals surface area contributed by atoms with E-state index in [1.165, 1.54) is 11.8 Å². The summed E-state index contributed by atoms with van der Waals surface area (Å²) >= 11 is 3.87. The topological polar surface area (TPSA) is 77.8 Å². The Morgan fingerprint density at radius 2 is 2.07 bits per heavy atom. The Balaban J connectivity index is 4.44. The normalized spacial score (nSPS) is 12.2. The van der Waals surface area contributed by atoms with Crippen LogP contribution in [0.4, 0.5) is 0 Å². The zero-order valence-electron chi connectivity index (χ0n) is 8.01. The highest BCUT2D eigenvalue weighted by Gasteiger charge is 2.25. The lowest BCUT2D eigenvalue weighted by molar-refractivity contribution is -0.148. The van der Waals surface area contributed by atoms with Crippen LogP contribution in [0.1, 0.15) is 13.3 Å². The van der Waals surface area contributed by atoms with Crippen molar-refractivity contribution in [2.45, 2.75) is 19.4 Å². The summed E-state index contributed by atoms with van der Waals surface area (Å²) < 4.78 is 0. The van der Waals surface area contributed by atoms with E-state index < -0.39 is 12.0 Å².